The normalized spacial score (nSPS) is 12.7. The maximum atomic E-state index is 5.80. The van der Waals surface area contributed by atoms with Crippen LogP contribution < -0.4 is 5.73 Å². The Morgan fingerprint density at radius 2 is 2.11 bits per heavy atom. The van der Waals surface area contributed by atoms with Gasteiger partial charge in [-0.2, -0.15) is 0 Å². The molecule has 0 aliphatic carbocycles. The molecule has 2 rings (SSSR count). The second-order valence-electron chi connectivity index (χ2n) is 4.84. The predicted octanol–water partition coefficient (Wildman–Crippen LogP) is 1.87. The van der Waals surface area contributed by atoms with Crippen LogP contribution in [0.3, 0.4) is 0 Å². The Labute approximate surface area is 117 Å². The molecule has 0 spiro atoms. The van der Waals surface area contributed by atoms with Gasteiger partial charge in [0.25, 0.3) is 0 Å². The van der Waals surface area contributed by atoms with Gasteiger partial charge in [-0.1, -0.05) is 6.07 Å². The molecular weight excluding hydrogens is 258 g/mol. The highest BCUT2D eigenvalue weighted by atomic mass is 32.2. The second-order valence-corrected chi connectivity index (χ2v) is 5.79. The van der Waals surface area contributed by atoms with Crippen LogP contribution in [0.1, 0.15) is 23.9 Å². The third-order valence-electron chi connectivity index (χ3n) is 2.89. The van der Waals surface area contributed by atoms with E-state index in [1.54, 1.807) is 0 Å². The molecular formula is C13H19N5S. The fourth-order valence-corrected chi connectivity index (χ4v) is 2.62. The summed E-state index contributed by atoms with van der Waals surface area (Å²) in [5, 5.41) is 10.0. The van der Waals surface area contributed by atoms with Crippen molar-refractivity contribution in [2.24, 2.45) is 12.8 Å². The van der Waals surface area contributed by atoms with Crippen LogP contribution in [0.5, 0.6) is 0 Å². The number of hydrogen-bond donors (Lipinski definition) is 1. The lowest BCUT2D eigenvalue weighted by Crippen LogP contribution is -2.17. The number of rotatable bonds is 4. The Morgan fingerprint density at radius 1 is 1.37 bits per heavy atom. The van der Waals surface area contributed by atoms with Crippen LogP contribution in [0.25, 0.3) is 0 Å². The fourth-order valence-electron chi connectivity index (χ4n) is 1.77. The van der Waals surface area contributed by atoms with Crippen molar-refractivity contribution in [3.05, 3.63) is 29.2 Å². The van der Waals surface area contributed by atoms with Crippen molar-refractivity contribution in [1.29, 1.82) is 0 Å². The van der Waals surface area contributed by atoms with E-state index in [2.05, 4.69) is 28.2 Å². The van der Waals surface area contributed by atoms with E-state index in [1.807, 2.05) is 31.7 Å². The van der Waals surface area contributed by atoms with Crippen LogP contribution in [0, 0.1) is 13.8 Å². The molecule has 0 aliphatic rings. The van der Waals surface area contributed by atoms with Gasteiger partial charge in [-0.15, -0.1) is 10.2 Å². The highest BCUT2D eigenvalue weighted by molar-refractivity contribution is 7.99. The van der Waals surface area contributed by atoms with Gasteiger partial charge in [-0.05, 0) is 50.1 Å². The summed E-state index contributed by atoms with van der Waals surface area (Å²) in [6, 6.07) is 2.29. The van der Waals surface area contributed by atoms with E-state index in [0.29, 0.717) is 0 Å². The zero-order chi connectivity index (χ0) is 14.0. The number of nitrogens with zero attached hydrogens (tertiary/aromatic N) is 4. The van der Waals surface area contributed by atoms with Gasteiger partial charge in [-0.3, -0.25) is 0 Å². The first-order valence-electron chi connectivity index (χ1n) is 6.22. The molecule has 2 aromatic rings. The number of pyridine rings is 1. The Kier molecular flexibility index (Phi) is 4.21. The lowest BCUT2D eigenvalue weighted by atomic mass is 10.1. The van der Waals surface area contributed by atoms with Gasteiger partial charge in [0.1, 0.15) is 10.9 Å². The summed E-state index contributed by atoms with van der Waals surface area (Å²) in [7, 11) is 1.96. The zero-order valence-corrected chi connectivity index (χ0v) is 12.5. The van der Waals surface area contributed by atoms with E-state index in [9.17, 15) is 0 Å². The van der Waals surface area contributed by atoms with Gasteiger partial charge < -0.3 is 10.3 Å². The molecule has 0 amide bonds. The molecule has 0 fully saturated rings. The van der Waals surface area contributed by atoms with E-state index in [1.165, 1.54) is 17.3 Å². The van der Waals surface area contributed by atoms with Gasteiger partial charge in [0.2, 0.25) is 0 Å². The van der Waals surface area contributed by atoms with Crippen LogP contribution >= 0.6 is 11.8 Å². The molecule has 0 saturated carbocycles. The first-order valence-corrected chi connectivity index (χ1v) is 7.04. The molecule has 102 valence electrons. The number of hydrogen-bond acceptors (Lipinski definition) is 5. The highest BCUT2D eigenvalue weighted by Gasteiger charge is 2.10. The summed E-state index contributed by atoms with van der Waals surface area (Å²) < 4.78 is 1.96. The first-order chi connectivity index (χ1) is 8.97. The van der Waals surface area contributed by atoms with Crippen LogP contribution in [0.15, 0.2) is 22.4 Å². The van der Waals surface area contributed by atoms with Crippen molar-refractivity contribution >= 4 is 11.8 Å². The molecule has 0 aliphatic heterocycles. The van der Waals surface area contributed by atoms with E-state index in [-0.39, 0.29) is 6.04 Å². The summed E-state index contributed by atoms with van der Waals surface area (Å²) >= 11 is 1.54. The molecule has 19 heavy (non-hydrogen) atoms. The van der Waals surface area contributed by atoms with Crippen molar-refractivity contribution in [3.63, 3.8) is 0 Å². The summed E-state index contributed by atoms with van der Waals surface area (Å²) in [6.07, 6.45) is 2.74. The number of aromatic nitrogens is 4. The molecule has 5 nitrogen and oxygen atoms in total. The van der Waals surface area contributed by atoms with Crippen molar-refractivity contribution in [2.75, 3.05) is 0 Å². The molecule has 1 unspecified atom stereocenters. The van der Waals surface area contributed by atoms with Gasteiger partial charge >= 0.3 is 0 Å². The maximum Gasteiger partial charge on any atom is 0.197 e. The lowest BCUT2D eigenvalue weighted by Gasteiger charge is -2.08. The van der Waals surface area contributed by atoms with Gasteiger partial charge in [0, 0.05) is 19.3 Å². The first kappa shape index (κ1) is 14.0. The molecule has 0 saturated heterocycles. The van der Waals surface area contributed by atoms with Gasteiger partial charge in [0.05, 0.1) is 0 Å². The van der Waals surface area contributed by atoms with Crippen LogP contribution in [-0.4, -0.2) is 25.8 Å². The van der Waals surface area contributed by atoms with Crippen LogP contribution in [0.4, 0.5) is 0 Å². The average molecular weight is 277 g/mol. The van der Waals surface area contributed by atoms with Crippen molar-refractivity contribution in [2.45, 2.75) is 43.4 Å². The maximum absolute atomic E-state index is 5.80. The Bertz CT molecular complexity index is 576. The standard InChI is InChI=1S/C13H19N5S/c1-8-5-11(6-9(2)14)7-15-12(8)19-13-17-16-10(3)18(13)4/h5,7,9H,6,14H2,1-4H3. The van der Waals surface area contributed by atoms with Crippen molar-refractivity contribution < 1.29 is 0 Å². The summed E-state index contributed by atoms with van der Waals surface area (Å²) in [6.45, 7) is 5.99. The Hall–Kier alpha value is -1.40. The van der Waals surface area contributed by atoms with Crippen LogP contribution in [-0.2, 0) is 13.5 Å². The molecule has 6 heteroatoms. The minimum absolute atomic E-state index is 0.154. The second kappa shape index (κ2) is 5.71. The molecule has 1 atom stereocenters. The minimum atomic E-state index is 0.154. The zero-order valence-electron chi connectivity index (χ0n) is 11.7. The fraction of sp³-hybridized carbons (Fsp3) is 0.462. The molecule has 2 aromatic heterocycles. The molecule has 0 radical (unpaired) electrons. The van der Waals surface area contributed by atoms with Gasteiger partial charge in [0.15, 0.2) is 5.16 Å². The number of nitrogens with two attached hydrogens (primary N) is 1. The summed E-state index contributed by atoms with van der Waals surface area (Å²) in [5.41, 5.74) is 8.12. The Balaban J connectivity index is 2.20. The van der Waals surface area contributed by atoms with Crippen molar-refractivity contribution in [1.82, 2.24) is 19.7 Å². The van der Waals surface area contributed by atoms with E-state index in [0.717, 1.165) is 28.0 Å². The molecule has 0 bridgehead atoms. The largest absolute Gasteiger partial charge is 0.328 e. The van der Waals surface area contributed by atoms with E-state index < -0.39 is 0 Å². The highest BCUT2D eigenvalue weighted by Crippen LogP contribution is 2.27. The van der Waals surface area contributed by atoms with E-state index in [4.69, 9.17) is 5.73 Å². The third-order valence-corrected chi connectivity index (χ3v) is 4.04. The molecule has 2 N–H and O–H groups in total. The monoisotopic (exact) mass is 277 g/mol. The SMILES string of the molecule is Cc1cc(CC(C)N)cnc1Sc1nnc(C)n1C. The smallest absolute Gasteiger partial charge is 0.197 e. The summed E-state index contributed by atoms with van der Waals surface area (Å²) in [5.74, 6) is 0.897. The quantitative estimate of drug-likeness (QED) is 0.924. The van der Waals surface area contributed by atoms with Crippen molar-refractivity contribution in [3.8, 4) is 0 Å². The Morgan fingerprint density at radius 3 is 2.63 bits per heavy atom. The average Bonchev–Trinajstić information content (AvgIpc) is 2.64. The minimum Gasteiger partial charge on any atom is -0.328 e. The van der Waals surface area contributed by atoms with Crippen LogP contribution in [0.2, 0.25) is 0 Å². The van der Waals surface area contributed by atoms with Gasteiger partial charge in [-0.25, -0.2) is 4.98 Å². The third kappa shape index (κ3) is 3.33. The predicted molar refractivity (Wildman–Crippen MR) is 76.2 cm³/mol. The number of aryl methyl sites for hydroxylation is 2. The summed E-state index contributed by atoms with van der Waals surface area (Å²) in [4.78, 5) is 4.50. The molecule has 2 heterocycles. The molecule has 0 aromatic carbocycles. The topological polar surface area (TPSA) is 69.6 Å². The van der Waals surface area contributed by atoms with E-state index >= 15 is 0 Å². The lowest BCUT2D eigenvalue weighted by molar-refractivity contribution is 0.732.